The van der Waals surface area contributed by atoms with E-state index in [-0.39, 0.29) is 6.04 Å². The quantitative estimate of drug-likeness (QED) is 0.800. The van der Waals surface area contributed by atoms with E-state index < -0.39 is 0 Å². The summed E-state index contributed by atoms with van der Waals surface area (Å²) in [6.07, 6.45) is 6.48. The van der Waals surface area contributed by atoms with Crippen LogP contribution < -0.4 is 5.73 Å². The second kappa shape index (κ2) is 4.80. The van der Waals surface area contributed by atoms with Crippen molar-refractivity contribution in [2.45, 2.75) is 45.1 Å². The minimum absolute atomic E-state index is 0.262. The van der Waals surface area contributed by atoms with E-state index in [4.69, 9.17) is 5.73 Å². The van der Waals surface area contributed by atoms with E-state index >= 15 is 0 Å². The lowest BCUT2D eigenvalue weighted by molar-refractivity contribution is 0.445. The van der Waals surface area contributed by atoms with E-state index in [2.05, 4.69) is 31.2 Å². The number of rotatable bonds is 3. The number of nitrogens with two attached hydrogens (primary N) is 1. The molecule has 1 unspecified atom stereocenters. The fraction of sp³-hybridized carbons (Fsp3) is 0.571. The Bertz CT molecular complexity index is 296. The van der Waals surface area contributed by atoms with Crippen molar-refractivity contribution in [1.82, 2.24) is 0 Å². The molecule has 15 heavy (non-hydrogen) atoms. The Labute approximate surface area is 92.7 Å². The average Bonchev–Trinajstić information content (AvgIpc) is 2.82. The molecule has 1 aromatic carbocycles. The van der Waals surface area contributed by atoms with E-state index in [1.165, 1.54) is 36.8 Å². The van der Waals surface area contributed by atoms with E-state index in [0.717, 1.165) is 12.3 Å². The van der Waals surface area contributed by atoms with Crippen molar-refractivity contribution < 1.29 is 0 Å². The summed E-state index contributed by atoms with van der Waals surface area (Å²) in [4.78, 5) is 0. The van der Waals surface area contributed by atoms with Gasteiger partial charge in [-0.25, -0.2) is 0 Å². The number of hydrogen-bond acceptors (Lipinski definition) is 1. The molecule has 0 radical (unpaired) electrons. The van der Waals surface area contributed by atoms with E-state index in [0.29, 0.717) is 0 Å². The molecule has 0 saturated heterocycles. The molecule has 1 saturated carbocycles. The van der Waals surface area contributed by atoms with Gasteiger partial charge in [-0.2, -0.15) is 0 Å². The van der Waals surface area contributed by atoms with Gasteiger partial charge < -0.3 is 5.73 Å². The zero-order valence-electron chi connectivity index (χ0n) is 9.58. The van der Waals surface area contributed by atoms with Crippen molar-refractivity contribution in [3.05, 3.63) is 35.4 Å². The van der Waals surface area contributed by atoms with E-state index in [1.54, 1.807) is 0 Å². The SMILES string of the molecule is CCc1ccc(C(N)C2CCCC2)cc1. The van der Waals surface area contributed by atoms with Crippen molar-refractivity contribution in [3.63, 3.8) is 0 Å². The first-order valence-corrected chi connectivity index (χ1v) is 6.15. The Balaban J connectivity index is 2.07. The van der Waals surface area contributed by atoms with Crippen LogP contribution in [0.5, 0.6) is 0 Å². The maximum atomic E-state index is 6.29. The summed E-state index contributed by atoms with van der Waals surface area (Å²) >= 11 is 0. The van der Waals surface area contributed by atoms with Crippen LogP contribution in [0.3, 0.4) is 0 Å². The molecule has 1 aliphatic carbocycles. The predicted molar refractivity (Wildman–Crippen MR) is 64.7 cm³/mol. The molecule has 2 N–H and O–H groups in total. The second-order valence-electron chi connectivity index (χ2n) is 4.67. The third kappa shape index (κ3) is 2.40. The van der Waals surface area contributed by atoms with Crippen LogP contribution in [0.25, 0.3) is 0 Å². The van der Waals surface area contributed by atoms with Crippen molar-refractivity contribution in [2.75, 3.05) is 0 Å². The Kier molecular flexibility index (Phi) is 3.42. The normalized spacial score (nSPS) is 19.3. The van der Waals surface area contributed by atoms with Crippen LogP contribution in [0.2, 0.25) is 0 Å². The van der Waals surface area contributed by atoms with Gasteiger partial charge in [0.25, 0.3) is 0 Å². The molecule has 1 nitrogen and oxygen atoms in total. The third-order valence-electron chi connectivity index (χ3n) is 3.68. The van der Waals surface area contributed by atoms with Crippen LogP contribution in [0.1, 0.15) is 49.8 Å². The van der Waals surface area contributed by atoms with Crippen LogP contribution in [0.4, 0.5) is 0 Å². The first-order chi connectivity index (χ1) is 7.31. The van der Waals surface area contributed by atoms with Gasteiger partial charge in [-0.15, -0.1) is 0 Å². The standard InChI is InChI=1S/C14H21N/c1-2-11-7-9-13(10-8-11)14(15)12-5-3-4-6-12/h7-10,12,14H,2-6,15H2,1H3. The summed E-state index contributed by atoms with van der Waals surface area (Å²) in [6, 6.07) is 9.11. The molecule has 1 fully saturated rings. The predicted octanol–water partition coefficient (Wildman–Crippen LogP) is 3.44. The summed E-state index contributed by atoms with van der Waals surface area (Å²) in [5, 5.41) is 0. The summed E-state index contributed by atoms with van der Waals surface area (Å²) in [6.45, 7) is 2.19. The maximum Gasteiger partial charge on any atom is 0.0323 e. The topological polar surface area (TPSA) is 26.0 Å². The maximum absolute atomic E-state index is 6.29. The van der Waals surface area contributed by atoms with Gasteiger partial charge in [-0.1, -0.05) is 44.0 Å². The minimum atomic E-state index is 0.262. The van der Waals surface area contributed by atoms with Crippen LogP contribution in [-0.4, -0.2) is 0 Å². The lowest BCUT2D eigenvalue weighted by Crippen LogP contribution is -2.18. The number of benzene rings is 1. The molecule has 82 valence electrons. The highest BCUT2D eigenvalue weighted by molar-refractivity contribution is 5.25. The molecule has 0 bridgehead atoms. The van der Waals surface area contributed by atoms with Crippen molar-refractivity contribution in [1.29, 1.82) is 0 Å². The summed E-state index contributed by atoms with van der Waals surface area (Å²) in [5.41, 5.74) is 9.01. The first kappa shape index (κ1) is 10.7. The van der Waals surface area contributed by atoms with Gasteiger partial charge in [0.05, 0.1) is 0 Å². The van der Waals surface area contributed by atoms with Crippen LogP contribution in [0, 0.1) is 5.92 Å². The fourth-order valence-electron chi connectivity index (χ4n) is 2.56. The van der Waals surface area contributed by atoms with Gasteiger partial charge in [0, 0.05) is 6.04 Å². The van der Waals surface area contributed by atoms with Gasteiger partial charge in [-0.05, 0) is 36.3 Å². The molecular formula is C14H21N. The first-order valence-electron chi connectivity index (χ1n) is 6.15. The molecule has 0 aliphatic heterocycles. The largest absolute Gasteiger partial charge is 0.324 e. The number of hydrogen-bond donors (Lipinski definition) is 1. The van der Waals surface area contributed by atoms with Crippen molar-refractivity contribution >= 4 is 0 Å². The molecule has 1 heteroatoms. The highest BCUT2D eigenvalue weighted by Crippen LogP contribution is 2.34. The Morgan fingerprint density at radius 3 is 2.33 bits per heavy atom. The highest BCUT2D eigenvalue weighted by atomic mass is 14.7. The summed E-state index contributed by atoms with van der Waals surface area (Å²) in [5.74, 6) is 0.720. The molecule has 1 atom stereocenters. The molecule has 0 spiro atoms. The lowest BCUT2D eigenvalue weighted by atomic mass is 9.92. The summed E-state index contributed by atoms with van der Waals surface area (Å²) < 4.78 is 0. The Morgan fingerprint density at radius 1 is 1.20 bits per heavy atom. The van der Waals surface area contributed by atoms with E-state index in [9.17, 15) is 0 Å². The zero-order valence-corrected chi connectivity index (χ0v) is 9.58. The smallest absolute Gasteiger partial charge is 0.0323 e. The van der Waals surface area contributed by atoms with Crippen LogP contribution in [-0.2, 0) is 6.42 Å². The van der Waals surface area contributed by atoms with Crippen molar-refractivity contribution in [2.24, 2.45) is 11.7 Å². The number of aryl methyl sites for hydroxylation is 1. The monoisotopic (exact) mass is 203 g/mol. The lowest BCUT2D eigenvalue weighted by Gasteiger charge is -2.19. The van der Waals surface area contributed by atoms with Gasteiger partial charge >= 0.3 is 0 Å². The van der Waals surface area contributed by atoms with Gasteiger partial charge in [-0.3, -0.25) is 0 Å². The van der Waals surface area contributed by atoms with Crippen LogP contribution in [0.15, 0.2) is 24.3 Å². The van der Waals surface area contributed by atoms with Crippen LogP contribution >= 0.6 is 0 Å². The van der Waals surface area contributed by atoms with Crippen molar-refractivity contribution in [3.8, 4) is 0 Å². The van der Waals surface area contributed by atoms with Gasteiger partial charge in [0.2, 0.25) is 0 Å². The minimum Gasteiger partial charge on any atom is -0.324 e. The Hall–Kier alpha value is -0.820. The van der Waals surface area contributed by atoms with Gasteiger partial charge in [0.1, 0.15) is 0 Å². The second-order valence-corrected chi connectivity index (χ2v) is 4.67. The van der Waals surface area contributed by atoms with Gasteiger partial charge in [0.15, 0.2) is 0 Å². The molecule has 1 aliphatic rings. The molecule has 0 aromatic heterocycles. The molecule has 2 rings (SSSR count). The third-order valence-corrected chi connectivity index (χ3v) is 3.68. The molecule has 0 heterocycles. The molecule has 1 aromatic rings. The Morgan fingerprint density at radius 2 is 1.80 bits per heavy atom. The average molecular weight is 203 g/mol. The fourth-order valence-corrected chi connectivity index (χ4v) is 2.56. The summed E-state index contributed by atoms with van der Waals surface area (Å²) in [7, 11) is 0. The zero-order chi connectivity index (χ0) is 10.7. The highest BCUT2D eigenvalue weighted by Gasteiger charge is 2.22. The van der Waals surface area contributed by atoms with E-state index in [1.807, 2.05) is 0 Å². The molecule has 0 amide bonds. The molecular weight excluding hydrogens is 182 g/mol.